The third-order valence-corrected chi connectivity index (χ3v) is 3.76. The molecule has 1 aromatic carbocycles. The first-order chi connectivity index (χ1) is 10.6. The van der Waals surface area contributed by atoms with Crippen molar-refractivity contribution in [2.45, 2.75) is 13.3 Å². The molecule has 22 heavy (non-hydrogen) atoms. The molecular formula is C17H18O5. The highest BCUT2D eigenvalue weighted by molar-refractivity contribution is 5.87. The third kappa shape index (κ3) is 3.14. The van der Waals surface area contributed by atoms with Crippen LogP contribution in [-0.2, 0) is 4.74 Å². The van der Waals surface area contributed by atoms with Crippen LogP contribution >= 0.6 is 0 Å². The van der Waals surface area contributed by atoms with E-state index in [9.17, 15) is 4.79 Å². The Kier molecular flexibility index (Phi) is 4.15. The van der Waals surface area contributed by atoms with Gasteiger partial charge in [-0.05, 0) is 43.7 Å². The van der Waals surface area contributed by atoms with Crippen molar-refractivity contribution >= 4 is 5.97 Å². The molecule has 0 saturated carbocycles. The van der Waals surface area contributed by atoms with E-state index in [1.807, 2.05) is 24.3 Å². The monoisotopic (exact) mass is 302 g/mol. The number of hydrogen-bond acceptors (Lipinski definition) is 4. The molecule has 3 rings (SSSR count). The van der Waals surface area contributed by atoms with Crippen molar-refractivity contribution in [3.63, 3.8) is 0 Å². The van der Waals surface area contributed by atoms with Gasteiger partial charge in [-0.25, -0.2) is 4.79 Å². The Morgan fingerprint density at radius 2 is 2.14 bits per heavy atom. The molecule has 1 fully saturated rings. The van der Waals surface area contributed by atoms with Crippen LogP contribution < -0.4 is 4.74 Å². The van der Waals surface area contributed by atoms with E-state index < -0.39 is 5.97 Å². The second-order valence-electron chi connectivity index (χ2n) is 5.49. The SMILES string of the molecule is Cc1cc(-c2ccc(OCC3CCOC3)cc2)oc1C(=O)O. The Bertz CT molecular complexity index is 650. The number of aryl methyl sites for hydroxylation is 1. The maximum Gasteiger partial charge on any atom is 0.372 e. The number of aromatic carboxylic acids is 1. The fourth-order valence-electron chi connectivity index (χ4n) is 2.48. The maximum absolute atomic E-state index is 11.0. The summed E-state index contributed by atoms with van der Waals surface area (Å²) in [6, 6.07) is 9.19. The minimum absolute atomic E-state index is 0.0171. The number of benzene rings is 1. The van der Waals surface area contributed by atoms with Gasteiger partial charge in [0.2, 0.25) is 5.76 Å². The number of hydrogen-bond donors (Lipinski definition) is 1. The number of ether oxygens (including phenoxy) is 2. The van der Waals surface area contributed by atoms with E-state index in [0.717, 1.165) is 30.9 Å². The predicted octanol–water partition coefficient (Wildman–Crippen LogP) is 3.37. The van der Waals surface area contributed by atoms with E-state index in [1.165, 1.54) is 0 Å². The molecule has 5 heteroatoms. The molecule has 0 aliphatic carbocycles. The molecule has 0 radical (unpaired) electrons. The van der Waals surface area contributed by atoms with Crippen molar-refractivity contribution in [2.75, 3.05) is 19.8 Å². The first-order valence-corrected chi connectivity index (χ1v) is 7.28. The lowest BCUT2D eigenvalue weighted by Crippen LogP contribution is -2.11. The largest absolute Gasteiger partial charge is 0.493 e. The standard InChI is InChI=1S/C17H18O5/c1-11-8-15(22-16(11)17(18)19)13-2-4-14(5-3-13)21-10-12-6-7-20-9-12/h2-5,8,12H,6-7,9-10H2,1H3,(H,18,19). The predicted molar refractivity (Wildman–Crippen MR) is 80.3 cm³/mol. The smallest absolute Gasteiger partial charge is 0.372 e. The Morgan fingerprint density at radius 3 is 2.73 bits per heavy atom. The topological polar surface area (TPSA) is 68.9 Å². The van der Waals surface area contributed by atoms with Gasteiger partial charge in [-0.2, -0.15) is 0 Å². The van der Waals surface area contributed by atoms with Crippen molar-refractivity contribution in [1.82, 2.24) is 0 Å². The first kappa shape index (κ1) is 14.7. The van der Waals surface area contributed by atoms with Crippen LogP contribution in [0, 0.1) is 12.8 Å². The van der Waals surface area contributed by atoms with E-state index in [-0.39, 0.29) is 5.76 Å². The lowest BCUT2D eigenvalue weighted by Gasteiger charge is -2.10. The Hall–Kier alpha value is -2.27. The zero-order valence-electron chi connectivity index (χ0n) is 12.4. The lowest BCUT2D eigenvalue weighted by atomic mass is 10.1. The summed E-state index contributed by atoms with van der Waals surface area (Å²) in [5.41, 5.74) is 1.44. The molecule has 0 spiro atoms. The van der Waals surface area contributed by atoms with Gasteiger partial charge in [0.05, 0.1) is 13.2 Å². The normalized spacial score (nSPS) is 17.6. The van der Waals surface area contributed by atoms with Crippen molar-refractivity contribution < 1.29 is 23.8 Å². The molecule has 1 aromatic heterocycles. The summed E-state index contributed by atoms with van der Waals surface area (Å²) in [5, 5.41) is 9.02. The van der Waals surface area contributed by atoms with Crippen molar-refractivity contribution in [1.29, 1.82) is 0 Å². The highest BCUT2D eigenvalue weighted by Crippen LogP contribution is 2.27. The average molecular weight is 302 g/mol. The third-order valence-electron chi connectivity index (χ3n) is 3.76. The molecule has 1 aliphatic rings. The zero-order chi connectivity index (χ0) is 15.5. The number of rotatable bonds is 5. The van der Waals surface area contributed by atoms with Crippen LogP contribution in [0.2, 0.25) is 0 Å². The second-order valence-corrected chi connectivity index (χ2v) is 5.49. The van der Waals surface area contributed by atoms with E-state index in [2.05, 4.69) is 0 Å². The van der Waals surface area contributed by atoms with Crippen LogP contribution in [0.5, 0.6) is 5.75 Å². The Balaban J connectivity index is 1.68. The van der Waals surface area contributed by atoms with Crippen molar-refractivity contribution in [2.24, 2.45) is 5.92 Å². The Labute approximate surface area is 128 Å². The number of furan rings is 1. The van der Waals surface area contributed by atoms with Crippen LogP contribution in [0.25, 0.3) is 11.3 Å². The molecule has 116 valence electrons. The summed E-state index contributed by atoms with van der Waals surface area (Å²) >= 11 is 0. The molecule has 0 amide bonds. The van der Waals surface area contributed by atoms with Gasteiger partial charge < -0.3 is 19.0 Å². The summed E-state index contributed by atoms with van der Waals surface area (Å²) < 4.78 is 16.4. The summed E-state index contributed by atoms with van der Waals surface area (Å²) in [7, 11) is 0. The summed E-state index contributed by atoms with van der Waals surface area (Å²) in [6.07, 6.45) is 1.04. The van der Waals surface area contributed by atoms with E-state index in [1.54, 1.807) is 13.0 Å². The highest BCUT2D eigenvalue weighted by atomic mass is 16.5. The average Bonchev–Trinajstić information content (AvgIpc) is 3.15. The van der Waals surface area contributed by atoms with Gasteiger partial charge in [-0.1, -0.05) is 0 Å². The molecule has 0 bridgehead atoms. The van der Waals surface area contributed by atoms with Gasteiger partial charge in [0.15, 0.2) is 0 Å². The molecular weight excluding hydrogens is 284 g/mol. The molecule has 1 saturated heterocycles. The Morgan fingerprint density at radius 1 is 1.36 bits per heavy atom. The molecule has 5 nitrogen and oxygen atoms in total. The molecule has 2 aromatic rings. The van der Waals surface area contributed by atoms with Crippen LogP contribution in [0.4, 0.5) is 0 Å². The zero-order valence-corrected chi connectivity index (χ0v) is 12.4. The highest BCUT2D eigenvalue weighted by Gasteiger charge is 2.17. The number of carboxylic acids is 1. The van der Waals surface area contributed by atoms with Crippen molar-refractivity contribution in [3.8, 4) is 17.1 Å². The summed E-state index contributed by atoms with van der Waals surface area (Å²) in [4.78, 5) is 11.0. The van der Waals surface area contributed by atoms with E-state index >= 15 is 0 Å². The molecule has 2 heterocycles. The van der Waals surface area contributed by atoms with Crippen LogP contribution in [0.3, 0.4) is 0 Å². The van der Waals surface area contributed by atoms with E-state index in [0.29, 0.717) is 23.8 Å². The molecule has 1 atom stereocenters. The summed E-state index contributed by atoms with van der Waals surface area (Å²) in [6.45, 7) is 3.96. The molecule has 1 unspecified atom stereocenters. The molecule has 1 aliphatic heterocycles. The fourth-order valence-corrected chi connectivity index (χ4v) is 2.48. The van der Waals surface area contributed by atoms with Gasteiger partial charge in [0.1, 0.15) is 11.5 Å². The van der Waals surface area contributed by atoms with Crippen LogP contribution in [0.1, 0.15) is 22.5 Å². The van der Waals surface area contributed by atoms with Gasteiger partial charge in [-0.3, -0.25) is 0 Å². The van der Waals surface area contributed by atoms with Gasteiger partial charge in [0, 0.05) is 23.7 Å². The van der Waals surface area contributed by atoms with E-state index in [4.69, 9.17) is 19.0 Å². The quantitative estimate of drug-likeness (QED) is 0.917. The molecule has 1 N–H and O–H groups in total. The van der Waals surface area contributed by atoms with Gasteiger partial charge >= 0.3 is 5.97 Å². The van der Waals surface area contributed by atoms with Gasteiger partial charge in [0.25, 0.3) is 0 Å². The maximum atomic E-state index is 11.0. The minimum atomic E-state index is -1.05. The number of carboxylic acid groups (broad SMARTS) is 1. The minimum Gasteiger partial charge on any atom is -0.493 e. The van der Waals surface area contributed by atoms with Gasteiger partial charge in [-0.15, -0.1) is 0 Å². The first-order valence-electron chi connectivity index (χ1n) is 7.28. The number of carbonyl (C=O) groups is 1. The van der Waals surface area contributed by atoms with Crippen LogP contribution in [0.15, 0.2) is 34.7 Å². The fraction of sp³-hybridized carbons (Fsp3) is 0.353. The summed E-state index contributed by atoms with van der Waals surface area (Å²) in [5.74, 6) is 0.729. The van der Waals surface area contributed by atoms with Crippen molar-refractivity contribution in [3.05, 3.63) is 41.7 Å². The lowest BCUT2D eigenvalue weighted by molar-refractivity contribution is 0.0662. The van der Waals surface area contributed by atoms with Crippen LogP contribution in [-0.4, -0.2) is 30.9 Å². The second kappa shape index (κ2) is 6.23.